The minimum absolute atomic E-state index is 0.0971. The highest BCUT2D eigenvalue weighted by Gasteiger charge is 2.42. The number of amides is 1. The number of carboxylic acids is 1. The molecule has 1 aliphatic heterocycles. The maximum Gasteiger partial charge on any atom is 0.326 e. The molecule has 2 atom stereocenters. The van der Waals surface area contributed by atoms with Gasteiger partial charge >= 0.3 is 5.97 Å². The molecule has 6 nitrogen and oxygen atoms in total. The van der Waals surface area contributed by atoms with Crippen LogP contribution in [0.25, 0.3) is 0 Å². The molecule has 1 heterocycles. The first kappa shape index (κ1) is 26.3. The highest BCUT2D eigenvalue weighted by molar-refractivity contribution is 6.32. The van der Waals surface area contributed by atoms with E-state index in [0.29, 0.717) is 17.4 Å². The molecule has 1 aliphatic carbocycles. The number of hydrogen-bond donors (Lipinski definition) is 1. The van der Waals surface area contributed by atoms with Crippen LogP contribution in [0.5, 0.6) is 5.75 Å². The largest absolute Gasteiger partial charge is 0.487 e. The van der Waals surface area contributed by atoms with Gasteiger partial charge in [0.05, 0.1) is 10.6 Å². The quantitative estimate of drug-likeness (QED) is 0.365. The van der Waals surface area contributed by atoms with E-state index >= 15 is 0 Å². The molecule has 0 saturated heterocycles. The van der Waals surface area contributed by atoms with Crippen LogP contribution in [0.1, 0.15) is 61.0 Å². The van der Waals surface area contributed by atoms with Crippen molar-refractivity contribution in [3.8, 4) is 5.75 Å². The van der Waals surface area contributed by atoms with Crippen LogP contribution in [0.3, 0.4) is 0 Å². The predicted octanol–water partition coefficient (Wildman–Crippen LogP) is 6.35. The lowest BCUT2D eigenvalue weighted by Gasteiger charge is -2.39. The molecule has 38 heavy (non-hydrogen) atoms. The molecule has 1 fully saturated rings. The van der Waals surface area contributed by atoms with Crippen LogP contribution in [0.15, 0.2) is 72.8 Å². The molecule has 1 N–H and O–H groups in total. The van der Waals surface area contributed by atoms with Gasteiger partial charge < -0.3 is 19.5 Å². The number of carbonyl (C=O) groups excluding carboxylic acids is 1. The minimum Gasteiger partial charge on any atom is -0.487 e. The highest BCUT2D eigenvalue weighted by atomic mass is 35.5. The van der Waals surface area contributed by atoms with E-state index in [-0.39, 0.29) is 18.9 Å². The molecule has 0 spiro atoms. The van der Waals surface area contributed by atoms with Crippen LogP contribution in [0.4, 0.5) is 0 Å². The zero-order valence-corrected chi connectivity index (χ0v) is 22.2. The van der Waals surface area contributed by atoms with Gasteiger partial charge in [0.1, 0.15) is 18.4 Å². The fraction of sp³-hybridized carbons (Fsp3) is 0.355. The number of carboxylic acid groups (broad SMARTS) is 1. The SMILES string of the molecule is CC1(OC(C(=O)N2Cc3ccc(Cl)c(OCc4ccccc4)c3CC2C(=O)O)c2ccccc2)CCCC1. The summed E-state index contributed by atoms with van der Waals surface area (Å²) >= 11 is 6.52. The van der Waals surface area contributed by atoms with E-state index < -0.39 is 23.7 Å². The topological polar surface area (TPSA) is 76.1 Å². The number of nitrogens with zero attached hydrogens (tertiary/aromatic N) is 1. The standard InChI is InChI=1S/C31H32ClNO5/c1-31(16-8-9-17-31)38-27(22-12-6-3-7-13-22)29(34)33-19-23-14-15-25(32)28(24(23)18-26(33)30(35)36)37-20-21-10-4-2-5-11-21/h2-7,10-15,26-27H,8-9,16-20H2,1H3,(H,35,36). The molecule has 198 valence electrons. The van der Waals surface area contributed by atoms with Gasteiger partial charge in [-0.1, -0.05) is 91.2 Å². The fourth-order valence-electron chi connectivity index (χ4n) is 5.51. The van der Waals surface area contributed by atoms with Crippen molar-refractivity contribution in [1.82, 2.24) is 4.90 Å². The molecule has 2 aliphatic rings. The van der Waals surface area contributed by atoms with Gasteiger partial charge in [-0.3, -0.25) is 4.79 Å². The Balaban J connectivity index is 1.46. The molecule has 7 heteroatoms. The lowest BCUT2D eigenvalue weighted by molar-refractivity contribution is -0.166. The van der Waals surface area contributed by atoms with Gasteiger partial charge in [-0.05, 0) is 42.5 Å². The Hall–Kier alpha value is -3.35. The van der Waals surface area contributed by atoms with E-state index in [9.17, 15) is 14.7 Å². The lowest BCUT2D eigenvalue weighted by Crippen LogP contribution is -2.51. The Morgan fingerprint density at radius 1 is 1.03 bits per heavy atom. The highest BCUT2D eigenvalue weighted by Crippen LogP contribution is 2.41. The van der Waals surface area contributed by atoms with E-state index in [4.69, 9.17) is 21.1 Å². The normalized spacial score (nSPS) is 19.0. The number of hydrogen-bond acceptors (Lipinski definition) is 4. The summed E-state index contributed by atoms with van der Waals surface area (Å²) in [4.78, 5) is 28.0. The second-order valence-electron chi connectivity index (χ2n) is 10.4. The molecule has 0 radical (unpaired) electrons. The number of ether oxygens (including phenoxy) is 2. The minimum atomic E-state index is -1.07. The van der Waals surface area contributed by atoms with E-state index in [2.05, 4.69) is 0 Å². The van der Waals surface area contributed by atoms with Crippen LogP contribution in [-0.2, 0) is 33.9 Å². The first-order valence-electron chi connectivity index (χ1n) is 13.1. The van der Waals surface area contributed by atoms with Crippen molar-refractivity contribution in [3.05, 3.63) is 100 Å². The summed E-state index contributed by atoms with van der Waals surface area (Å²) in [6, 6.07) is 21.6. The van der Waals surface area contributed by atoms with Crippen molar-refractivity contribution in [1.29, 1.82) is 0 Å². The summed E-state index contributed by atoms with van der Waals surface area (Å²) < 4.78 is 12.6. The maximum absolute atomic E-state index is 14.1. The molecule has 3 aromatic rings. The van der Waals surface area contributed by atoms with Crippen molar-refractivity contribution in [2.24, 2.45) is 0 Å². The summed E-state index contributed by atoms with van der Waals surface area (Å²) in [6.07, 6.45) is 3.05. The van der Waals surface area contributed by atoms with E-state index in [1.165, 1.54) is 4.90 Å². The molecular formula is C31H32ClNO5. The average Bonchev–Trinajstić information content (AvgIpc) is 3.37. The van der Waals surface area contributed by atoms with Gasteiger partial charge in [-0.15, -0.1) is 0 Å². The Bertz CT molecular complexity index is 1290. The van der Waals surface area contributed by atoms with Crippen molar-refractivity contribution < 1.29 is 24.2 Å². The van der Waals surface area contributed by atoms with Gasteiger partial charge in [0.15, 0.2) is 6.10 Å². The summed E-state index contributed by atoms with van der Waals surface area (Å²) in [5, 5.41) is 10.6. The Labute approximate surface area is 228 Å². The molecule has 1 saturated carbocycles. The van der Waals surface area contributed by atoms with Crippen molar-refractivity contribution in [2.75, 3.05) is 0 Å². The van der Waals surface area contributed by atoms with Crippen LogP contribution < -0.4 is 4.74 Å². The molecule has 2 unspecified atom stereocenters. The van der Waals surface area contributed by atoms with Crippen LogP contribution in [-0.4, -0.2) is 33.5 Å². The average molecular weight is 534 g/mol. The number of aliphatic carboxylic acids is 1. The van der Waals surface area contributed by atoms with Crippen LogP contribution in [0, 0.1) is 0 Å². The first-order chi connectivity index (χ1) is 18.3. The Morgan fingerprint density at radius 2 is 1.68 bits per heavy atom. The molecule has 0 bridgehead atoms. The number of fused-ring (bicyclic) bond motifs is 1. The van der Waals surface area contributed by atoms with Crippen molar-refractivity contribution in [2.45, 2.75) is 69.9 Å². The molecular weight excluding hydrogens is 502 g/mol. The summed E-state index contributed by atoms with van der Waals surface area (Å²) in [5.74, 6) is -0.943. The molecule has 1 amide bonds. The zero-order valence-electron chi connectivity index (χ0n) is 21.4. The van der Waals surface area contributed by atoms with Gasteiger partial charge in [-0.25, -0.2) is 4.79 Å². The molecule has 0 aromatic heterocycles. The number of halogens is 1. The van der Waals surface area contributed by atoms with E-state index in [1.54, 1.807) is 6.07 Å². The number of benzene rings is 3. The Kier molecular flexibility index (Phi) is 7.73. The number of carbonyl (C=O) groups is 2. The van der Waals surface area contributed by atoms with E-state index in [0.717, 1.165) is 47.9 Å². The van der Waals surface area contributed by atoms with Crippen molar-refractivity contribution >= 4 is 23.5 Å². The van der Waals surface area contributed by atoms with Crippen molar-refractivity contribution in [3.63, 3.8) is 0 Å². The first-order valence-corrected chi connectivity index (χ1v) is 13.5. The third-order valence-electron chi connectivity index (χ3n) is 7.61. The fourth-order valence-corrected chi connectivity index (χ4v) is 5.74. The third kappa shape index (κ3) is 5.57. The van der Waals surface area contributed by atoms with Crippen LogP contribution >= 0.6 is 11.6 Å². The third-order valence-corrected chi connectivity index (χ3v) is 7.91. The monoisotopic (exact) mass is 533 g/mol. The second kappa shape index (κ2) is 11.2. The maximum atomic E-state index is 14.1. The lowest BCUT2D eigenvalue weighted by atomic mass is 9.91. The predicted molar refractivity (Wildman–Crippen MR) is 145 cm³/mol. The smallest absolute Gasteiger partial charge is 0.326 e. The van der Waals surface area contributed by atoms with Gasteiger partial charge in [0.2, 0.25) is 0 Å². The molecule has 5 rings (SSSR count). The summed E-state index contributed by atoms with van der Waals surface area (Å²) in [7, 11) is 0. The summed E-state index contributed by atoms with van der Waals surface area (Å²) in [5.41, 5.74) is 2.83. The Morgan fingerprint density at radius 3 is 2.34 bits per heavy atom. The van der Waals surface area contributed by atoms with E-state index in [1.807, 2.05) is 73.7 Å². The summed E-state index contributed by atoms with van der Waals surface area (Å²) in [6.45, 7) is 2.48. The van der Waals surface area contributed by atoms with Gasteiger partial charge in [0, 0.05) is 18.5 Å². The van der Waals surface area contributed by atoms with Crippen LogP contribution in [0.2, 0.25) is 5.02 Å². The van der Waals surface area contributed by atoms with Gasteiger partial charge in [-0.2, -0.15) is 0 Å². The second-order valence-corrected chi connectivity index (χ2v) is 10.8. The zero-order chi connectivity index (χ0) is 26.7. The van der Waals surface area contributed by atoms with Gasteiger partial charge in [0.25, 0.3) is 5.91 Å². The number of rotatable bonds is 8. The molecule has 3 aromatic carbocycles.